The molecule has 0 saturated carbocycles. The molecule has 2 aliphatic rings. The smallest absolute Gasteiger partial charge is 0.286 e. The van der Waals surface area contributed by atoms with Gasteiger partial charge >= 0.3 is 0 Å². The number of ether oxygens (including phenoxy) is 1. The predicted octanol–water partition coefficient (Wildman–Crippen LogP) is 2.30. The number of aliphatic imine (C=N–C) groups is 1. The van der Waals surface area contributed by atoms with E-state index in [2.05, 4.69) is 16.0 Å². The lowest BCUT2D eigenvalue weighted by molar-refractivity contribution is -0.113. The van der Waals surface area contributed by atoms with Crippen molar-refractivity contribution in [3.8, 4) is 0 Å². The van der Waals surface area contributed by atoms with Gasteiger partial charge in [0.1, 0.15) is 0 Å². The summed E-state index contributed by atoms with van der Waals surface area (Å²) in [5.41, 5.74) is 2.23. The molecule has 0 aromatic heterocycles. The Hall–Kier alpha value is -1.59. The molecule has 4 nitrogen and oxygen atoms in total. The fourth-order valence-electron chi connectivity index (χ4n) is 2.20. The highest BCUT2D eigenvalue weighted by Gasteiger charge is 2.26. The number of benzene rings is 1. The molecule has 0 radical (unpaired) electrons. The first kappa shape index (κ1) is 13.4. The molecule has 0 spiro atoms. The van der Waals surface area contributed by atoms with Crippen LogP contribution in [0.15, 0.2) is 34.2 Å². The maximum absolute atomic E-state index is 12.0. The van der Waals surface area contributed by atoms with Crippen molar-refractivity contribution < 1.29 is 9.53 Å². The molecule has 0 N–H and O–H groups in total. The third kappa shape index (κ3) is 2.94. The number of carbonyl (C=O) groups is 1. The molecule has 1 aromatic carbocycles. The predicted molar refractivity (Wildman–Crippen MR) is 81.6 cm³/mol. The summed E-state index contributed by atoms with van der Waals surface area (Å²) in [7, 11) is 0. The highest BCUT2D eigenvalue weighted by molar-refractivity contribution is 8.18. The van der Waals surface area contributed by atoms with Crippen LogP contribution in [-0.2, 0) is 9.53 Å². The van der Waals surface area contributed by atoms with Gasteiger partial charge in [0.15, 0.2) is 5.17 Å². The minimum atomic E-state index is -0.141. The highest BCUT2D eigenvalue weighted by atomic mass is 32.2. The summed E-state index contributed by atoms with van der Waals surface area (Å²) >= 11 is 1.46. The van der Waals surface area contributed by atoms with Crippen molar-refractivity contribution in [3.63, 3.8) is 0 Å². The first-order chi connectivity index (χ1) is 9.72. The zero-order valence-corrected chi connectivity index (χ0v) is 12.2. The van der Waals surface area contributed by atoms with Crippen molar-refractivity contribution >= 4 is 28.9 Å². The quantitative estimate of drug-likeness (QED) is 0.744. The summed E-state index contributed by atoms with van der Waals surface area (Å²) in [6, 6.07) is 8.10. The number of rotatable bonds is 1. The number of morpholine rings is 1. The van der Waals surface area contributed by atoms with Gasteiger partial charge in [0.25, 0.3) is 5.91 Å². The van der Waals surface area contributed by atoms with Gasteiger partial charge in [0.05, 0.1) is 18.1 Å². The fraction of sp³-hybridized carbons (Fsp3) is 0.333. The lowest BCUT2D eigenvalue weighted by Gasteiger charge is -2.27. The largest absolute Gasteiger partial charge is 0.378 e. The number of nitrogens with zero attached hydrogens (tertiary/aromatic N) is 2. The van der Waals surface area contributed by atoms with E-state index in [-0.39, 0.29) is 5.91 Å². The van der Waals surface area contributed by atoms with E-state index >= 15 is 0 Å². The zero-order chi connectivity index (χ0) is 13.9. The van der Waals surface area contributed by atoms with Crippen LogP contribution in [0, 0.1) is 6.92 Å². The van der Waals surface area contributed by atoms with Crippen LogP contribution in [0.5, 0.6) is 0 Å². The average molecular weight is 288 g/mol. The molecular weight excluding hydrogens is 272 g/mol. The topological polar surface area (TPSA) is 41.9 Å². The lowest BCUT2D eigenvalue weighted by atomic mass is 10.1. The molecular formula is C15H16N2O2S. The number of carbonyl (C=O) groups excluding carboxylic acids is 1. The Morgan fingerprint density at radius 1 is 1.35 bits per heavy atom. The summed E-state index contributed by atoms with van der Waals surface area (Å²) in [5.74, 6) is -0.141. The van der Waals surface area contributed by atoms with Crippen molar-refractivity contribution in [2.75, 3.05) is 26.3 Å². The molecule has 0 unspecified atom stereocenters. The standard InChI is InChI=1S/C15H16N2O2S/c1-11-3-2-4-12(9-11)10-13-14(18)16-15(20-13)17-5-7-19-8-6-17/h2-4,9-10H,5-8H2,1H3. The second-order valence-electron chi connectivity index (χ2n) is 4.82. The maximum atomic E-state index is 12.0. The van der Waals surface area contributed by atoms with Crippen LogP contribution < -0.4 is 0 Å². The van der Waals surface area contributed by atoms with Gasteiger partial charge in [-0.05, 0) is 30.3 Å². The molecule has 1 amide bonds. The number of aryl methyl sites for hydroxylation is 1. The Morgan fingerprint density at radius 2 is 2.15 bits per heavy atom. The fourth-order valence-corrected chi connectivity index (χ4v) is 3.16. The summed E-state index contributed by atoms with van der Waals surface area (Å²) in [4.78, 5) is 18.9. The molecule has 1 fully saturated rings. The molecule has 2 heterocycles. The molecule has 5 heteroatoms. The summed E-state index contributed by atoms with van der Waals surface area (Å²) in [5, 5.41) is 0.803. The zero-order valence-electron chi connectivity index (χ0n) is 11.3. The Balaban J connectivity index is 1.76. The van der Waals surface area contributed by atoms with Crippen LogP contribution in [-0.4, -0.2) is 42.3 Å². The van der Waals surface area contributed by atoms with E-state index in [4.69, 9.17) is 4.74 Å². The maximum Gasteiger partial charge on any atom is 0.286 e. The van der Waals surface area contributed by atoms with Gasteiger partial charge in [-0.2, -0.15) is 4.99 Å². The van der Waals surface area contributed by atoms with E-state index in [9.17, 15) is 4.79 Å². The average Bonchev–Trinajstić information content (AvgIpc) is 2.81. The second-order valence-corrected chi connectivity index (χ2v) is 5.83. The van der Waals surface area contributed by atoms with Crippen LogP contribution in [0.1, 0.15) is 11.1 Å². The third-order valence-electron chi connectivity index (χ3n) is 3.23. The molecule has 0 bridgehead atoms. The number of thioether (sulfide) groups is 1. The SMILES string of the molecule is Cc1cccc(C=C2SC(N3CCOCC3)=NC2=O)c1. The Morgan fingerprint density at radius 3 is 2.90 bits per heavy atom. The minimum absolute atomic E-state index is 0.141. The number of amidine groups is 1. The van der Waals surface area contributed by atoms with Crippen molar-refractivity contribution in [3.05, 3.63) is 40.3 Å². The van der Waals surface area contributed by atoms with Gasteiger partial charge in [-0.15, -0.1) is 0 Å². The minimum Gasteiger partial charge on any atom is -0.378 e. The second kappa shape index (κ2) is 5.81. The van der Waals surface area contributed by atoms with Gasteiger partial charge in [-0.3, -0.25) is 4.79 Å². The molecule has 3 rings (SSSR count). The van der Waals surface area contributed by atoms with Crippen molar-refractivity contribution in [2.45, 2.75) is 6.92 Å². The molecule has 1 saturated heterocycles. The Kier molecular flexibility index (Phi) is 3.89. The van der Waals surface area contributed by atoms with Gasteiger partial charge in [0, 0.05) is 13.1 Å². The molecule has 0 aliphatic carbocycles. The van der Waals surface area contributed by atoms with Crippen LogP contribution in [0.4, 0.5) is 0 Å². The number of amides is 1. The molecule has 0 atom stereocenters. The number of hydrogen-bond donors (Lipinski definition) is 0. The van der Waals surface area contributed by atoms with Crippen molar-refractivity contribution in [2.24, 2.45) is 4.99 Å². The summed E-state index contributed by atoms with van der Waals surface area (Å²) < 4.78 is 5.32. The van der Waals surface area contributed by atoms with E-state index < -0.39 is 0 Å². The van der Waals surface area contributed by atoms with E-state index in [0.717, 1.165) is 23.8 Å². The highest BCUT2D eigenvalue weighted by Crippen LogP contribution is 2.30. The van der Waals surface area contributed by atoms with Gasteiger partial charge in [-0.1, -0.05) is 29.8 Å². The molecule has 1 aromatic rings. The number of hydrogen-bond acceptors (Lipinski definition) is 4. The van der Waals surface area contributed by atoms with E-state index in [1.165, 1.54) is 17.3 Å². The monoisotopic (exact) mass is 288 g/mol. The van der Waals surface area contributed by atoms with E-state index in [1.54, 1.807) is 0 Å². The van der Waals surface area contributed by atoms with Crippen LogP contribution in [0.3, 0.4) is 0 Å². The first-order valence-corrected chi connectivity index (χ1v) is 7.46. The van der Waals surface area contributed by atoms with Gasteiger partial charge < -0.3 is 9.64 Å². The normalized spacial score (nSPS) is 21.4. The molecule has 104 valence electrons. The Labute approximate surface area is 122 Å². The van der Waals surface area contributed by atoms with Crippen molar-refractivity contribution in [1.29, 1.82) is 0 Å². The lowest BCUT2D eigenvalue weighted by Crippen LogP contribution is -2.38. The van der Waals surface area contributed by atoms with E-state index in [1.807, 2.05) is 31.2 Å². The third-order valence-corrected chi connectivity index (χ3v) is 4.28. The van der Waals surface area contributed by atoms with Crippen LogP contribution in [0.2, 0.25) is 0 Å². The van der Waals surface area contributed by atoms with E-state index in [0.29, 0.717) is 18.1 Å². The van der Waals surface area contributed by atoms with Crippen LogP contribution >= 0.6 is 11.8 Å². The molecule has 20 heavy (non-hydrogen) atoms. The first-order valence-electron chi connectivity index (χ1n) is 6.64. The summed E-state index contributed by atoms with van der Waals surface area (Å²) in [6.45, 7) is 5.05. The Bertz CT molecular complexity index is 589. The van der Waals surface area contributed by atoms with Gasteiger partial charge in [-0.25, -0.2) is 0 Å². The van der Waals surface area contributed by atoms with Crippen molar-refractivity contribution in [1.82, 2.24) is 4.90 Å². The van der Waals surface area contributed by atoms with Crippen LogP contribution in [0.25, 0.3) is 6.08 Å². The summed E-state index contributed by atoms with van der Waals surface area (Å²) in [6.07, 6.45) is 1.91. The molecule has 2 aliphatic heterocycles. The van der Waals surface area contributed by atoms with Gasteiger partial charge in [0.2, 0.25) is 0 Å².